The van der Waals surface area contributed by atoms with Gasteiger partial charge in [0.15, 0.2) is 0 Å². The second-order valence-electron chi connectivity index (χ2n) is 3.54. The molecule has 1 nitrogen and oxygen atoms in total. The third-order valence-corrected chi connectivity index (χ3v) is 2.53. The number of nitrogens with one attached hydrogen (secondary N) is 1. The Kier molecular flexibility index (Phi) is 2.32. The highest BCUT2D eigenvalue weighted by Gasteiger charge is 2.42. The first-order valence-electron chi connectivity index (χ1n) is 4.58. The second-order valence-corrected chi connectivity index (χ2v) is 3.54. The number of hydrogen-bond acceptors (Lipinski definition) is 1. The van der Waals surface area contributed by atoms with E-state index in [1.807, 2.05) is 0 Å². The normalized spacial score (nSPS) is 20.7. The molecule has 0 saturated carbocycles. The van der Waals surface area contributed by atoms with Gasteiger partial charge in [0.1, 0.15) is 5.82 Å². The van der Waals surface area contributed by atoms with E-state index in [-0.39, 0.29) is 18.5 Å². The van der Waals surface area contributed by atoms with E-state index in [1.54, 1.807) is 0 Å². The fourth-order valence-corrected chi connectivity index (χ4v) is 1.83. The summed E-state index contributed by atoms with van der Waals surface area (Å²) in [5.41, 5.74) is 0.388. The van der Waals surface area contributed by atoms with Crippen LogP contribution in [0, 0.1) is 5.82 Å². The third kappa shape index (κ3) is 1.91. The predicted octanol–water partition coefficient (Wildman–Crippen LogP) is 3.29. The maximum atomic E-state index is 12.9. The van der Waals surface area contributed by atoms with E-state index in [0.29, 0.717) is 5.69 Å². The first kappa shape index (κ1) is 10.3. The van der Waals surface area contributed by atoms with Gasteiger partial charge >= 0.3 is 6.18 Å². The zero-order valence-electron chi connectivity index (χ0n) is 7.74. The van der Waals surface area contributed by atoms with Crippen LogP contribution in [-0.4, -0.2) is 12.7 Å². The molecule has 0 spiro atoms. The number of hydrogen-bond donors (Lipinski definition) is 1. The van der Waals surface area contributed by atoms with E-state index in [2.05, 4.69) is 5.32 Å². The van der Waals surface area contributed by atoms with E-state index >= 15 is 0 Å². The van der Waals surface area contributed by atoms with Crippen LogP contribution in [0.3, 0.4) is 0 Å². The lowest BCUT2D eigenvalue weighted by Crippen LogP contribution is -2.28. The van der Waals surface area contributed by atoms with Crippen molar-refractivity contribution in [3.63, 3.8) is 0 Å². The van der Waals surface area contributed by atoms with Gasteiger partial charge in [0.2, 0.25) is 0 Å². The molecule has 15 heavy (non-hydrogen) atoms. The summed E-state index contributed by atoms with van der Waals surface area (Å²) in [4.78, 5) is 0. The van der Waals surface area contributed by atoms with Gasteiger partial charge < -0.3 is 5.32 Å². The maximum Gasteiger partial charge on any atom is 0.395 e. The average Bonchev–Trinajstić information content (AvgIpc) is 2.15. The molecule has 5 heteroatoms. The standard InChI is InChI=1S/C10H9F4N/c11-6-1-2-9-7(5-6)8(3-4-15-9)10(12,13)14/h1-2,5,8,15H,3-4H2. The van der Waals surface area contributed by atoms with E-state index in [9.17, 15) is 17.6 Å². The monoisotopic (exact) mass is 219 g/mol. The molecule has 1 aliphatic heterocycles. The molecule has 0 fully saturated rings. The smallest absolute Gasteiger partial charge is 0.385 e. The molecule has 0 saturated heterocycles. The number of halogens is 4. The summed E-state index contributed by atoms with van der Waals surface area (Å²) in [5, 5.41) is 2.83. The average molecular weight is 219 g/mol. The molecule has 82 valence electrons. The molecule has 1 heterocycles. The summed E-state index contributed by atoms with van der Waals surface area (Å²) < 4.78 is 50.7. The Labute approximate surface area is 84.1 Å². The van der Waals surface area contributed by atoms with Gasteiger partial charge in [-0.15, -0.1) is 0 Å². The molecule has 1 aliphatic rings. The summed E-state index contributed by atoms with van der Waals surface area (Å²) in [5.74, 6) is -2.18. The highest BCUT2D eigenvalue weighted by Crippen LogP contribution is 2.42. The zero-order chi connectivity index (χ0) is 11.1. The summed E-state index contributed by atoms with van der Waals surface area (Å²) in [6, 6.07) is 3.47. The fraction of sp³-hybridized carbons (Fsp3) is 0.400. The Morgan fingerprint density at radius 2 is 2.00 bits per heavy atom. The van der Waals surface area contributed by atoms with Gasteiger partial charge in [-0.05, 0) is 30.2 Å². The topological polar surface area (TPSA) is 12.0 Å². The Morgan fingerprint density at radius 3 is 2.67 bits per heavy atom. The van der Waals surface area contributed by atoms with Crippen molar-refractivity contribution in [2.75, 3.05) is 11.9 Å². The van der Waals surface area contributed by atoms with Crippen molar-refractivity contribution >= 4 is 5.69 Å². The summed E-state index contributed by atoms with van der Waals surface area (Å²) in [7, 11) is 0. The van der Waals surface area contributed by atoms with Gasteiger partial charge in [-0.1, -0.05) is 0 Å². The molecular weight excluding hydrogens is 210 g/mol. The van der Waals surface area contributed by atoms with Crippen molar-refractivity contribution < 1.29 is 17.6 Å². The number of anilines is 1. The fourth-order valence-electron chi connectivity index (χ4n) is 1.83. The predicted molar refractivity (Wildman–Crippen MR) is 48.3 cm³/mol. The number of rotatable bonds is 0. The lowest BCUT2D eigenvalue weighted by Gasteiger charge is -2.28. The first-order valence-corrected chi connectivity index (χ1v) is 4.58. The summed E-state index contributed by atoms with van der Waals surface area (Å²) >= 11 is 0. The zero-order valence-corrected chi connectivity index (χ0v) is 7.74. The highest BCUT2D eigenvalue weighted by molar-refractivity contribution is 5.55. The molecular formula is C10H9F4N. The Hall–Kier alpha value is -1.26. The molecule has 1 unspecified atom stereocenters. The van der Waals surface area contributed by atoms with Crippen molar-refractivity contribution in [3.05, 3.63) is 29.6 Å². The largest absolute Gasteiger partial charge is 0.395 e. The summed E-state index contributed by atoms with van der Waals surface area (Å²) in [6.45, 7) is 0.267. The van der Waals surface area contributed by atoms with Gasteiger partial charge in [-0.2, -0.15) is 13.2 Å². The van der Waals surface area contributed by atoms with Crippen LogP contribution >= 0.6 is 0 Å². The molecule has 0 aromatic heterocycles. The number of alkyl halides is 3. The molecule has 1 atom stereocenters. The molecule has 0 aliphatic carbocycles. The van der Waals surface area contributed by atoms with Crippen molar-refractivity contribution in [2.45, 2.75) is 18.5 Å². The van der Waals surface area contributed by atoms with E-state index in [4.69, 9.17) is 0 Å². The molecule has 0 bridgehead atoms. The Morgan fingerprint density at radius 1 is 1.27 bits per heavy atom. The van der Waals surface area contributed by atoms with E-state index < -0.39 is 17.9 Å². The highest BCUT2D eigenvalue weighted by atomic mass is 19.4. The molecule has 1 aromatic rings. The minimum Gasteiger partial charge on any atom is -0.385 e. The van der Waals surface area contributed by atoms with E-state index in [1.165, 1.54) is 6.07 Å². The number of fused-ring (bicyclic) bond motifs is 1. The van der Waals surface area contributed by atoms with E-state index in [0.717, 1.165) is 12.1 Å². The molecule has 1 N–H and O–H groups in total. The molecule has 1 aromatic carbocycles. The molecule has 0 amide bonds. The Balaban J connectivity index is 2.45. The van der Waals surface area contributed by atoms with Crippen LogP contribution in [-0.2, 0) is 0 Å². The van der Waals surface area contributed by atoms with Crippen LogP contribution in [0.1, 0.15) is 17.9 Å². The van der Waals surface area contributed by atoms with Gasteiger partial charge in [-0.25, -0.2) is 4.39 Å². The van der Waals surface area contributed by atoms with Crippen LogP contribution in [0.25, 0.3) is 0 Å². The molecule has 2 rings (SSSR count). The summed E-state index contributed by atoms with van der Waals surface area (Å²) in [6.07, 6.45) is -4.34. The lowest BCUT2D eigenvalue weighted by molar-refractivity contribution is -0.151. The van der Waals surface area contributed by atoms with Crippen LogP contribution in [0.15, 0.2) is 18.2 Å². The minimum absolute atomic E-state index is 0.00810. The lowest BCUT2D eigenvalue weighted by atomic mass is 9.90. The van der Waals surface area contributed by atoms with Gasteiger partial charge in [0.25, 0.3) is 0 Å². The van der Waals surface area contributed by atoms with Crippen LogP contribution in [0.2, 0.25) is 0 Å². The van der Waals surface area contributed by atoms with Crippen LogP contribution < -0.4 is 5.32 Å². The van der Waals surface area contributed by atoms with Crippen molar-refractivity contribution in [1.82, 2.24) is 0 Å². The number of benzene rings is 1. The van der Waals surface area contributed by atoms with Crippen molar-refractivity contribution in [2.24, 2.45) is 0 Å². The molecule has 0 radical (unpaired) electrons. The SMILES string of the molecule is Fc1ccc2c(c1)C(C(F)(F)F)CCN2. The van der Waals surface area contributed by atoms with Gasteiger partial charge in [0, 0.05) is 12.2 Å². The quantitative estimate of drug-likeness (QED) is 0.660. The second kappa shape index (κ2) is 3.40. The Bertz CT molecular complexity index is 372. The van der Waals surface area contributed by atoms with Crippen molar-refractivity contribution in [3.8, 4) is 0 Å². The van der Waals surface area contributed by atoms with Crippen LogP contribution in [0.4, 0.5) is 23.2 Å². The third-order valence-electron chi connectivity index (χ3n) is 2.53. The van der Waals surface area contributed by atoms with Gasteiger partial charge in [0.05, 0.1) is 5.92 Å². The van der Waals surface area contributed by atoms with Crippen LogP contribution in [0.5, 0.6) is 0 Å². The van der Waals surface area contributed by atoms with Crippen molar-refractivity contribution in [1.29, 1.82) is 0 Å². The van der Waals surface area contributed by atoms with Gasteiger partial charge in [-0.3, -0.25) is 0 Å². The minimum atomic E-state index is -4.30. The maximum absolute atomic E-state index is 12.9. The first-order chi connectivity index (χ1) is 6.98.